The van der Waals surface area contributed by atoms with Crippen LogP contribution in [0, 0.1) is 5.92 Å². The molecule has 1 atom stereocenters. The maximum absolute atomic E-state index is 10.3. The third kappa shape index (κ3) is 67.2. The molecule has 0 aliphatic carbocycles. The molecule has 0 aromatic carbocycles. The molecule has 0 spiro atoms. The molecule has 0 radical (unpaired) electrons. The minimum Gasteiger partial charge on any atom is -0.468 e. The van der Waals surface area contributed by atoms with Gasteiger partial charge < -0.3 is 15.2 Å². The summed E-state index contributed by atoms with van der Waals surface area (Å²) in [5.41, 5.74) is 0. The Balaban J connectivity index is -0.000000164. The first-order valence-corrected chi connectivity index (χ1v) is 17.5. The Morgan fingerprint density at radius 3 is 1.36 bits per heavy atom. The fraction of sp³-hybridized carbons (Fsp3) is 0.971. The van der Waals surface area contributed by atoms with Gasteiger partial charge in [0.1, 0.15) is 0 Å². The van der Waals surface area contributed by atoms with E-state index in [-0.39, 0.29) is 0 Å². The topological polar surface area (TPSA) is 58.6 Å². The highest BCUT2D eigenvalue weighted by Crippen LogP contribution is 2.19. The molecule has 0 saturated carbocycles. The molecule has 0 aromatic rings. The average Bonchev–Trinajstić information content (AvgIpc) is 2.95. The Morgan fingerprint density at radius 1 is 0.590 bits per heavy atom. The standard InChI is InChI=1S/C17H34O2.C10H23NO.2C3H8.C2H6/c1-3-5-7-9-10-12-14-17(15-19-16-18)13-11-8-6-4-2;1-2-3-4-5-8-11-9-6-7-10-12;2*1-3-2;1-2/h16-17H,3-15H2,1-2H3;11-12H,2-10H2,1H3;2*3H2,1-2H3;1-2H3. The van der Waals surface area contributed by atoms with Gasteiger partial charge in [-0.1, -0.05) is 159 Å². The minimum absolute atomic E-state index is 0.331. The maximum atomic E-state index is 10.3. The molecule has 4 heteroatoms. The van der Waals surface area contributed by atoms with E-state index in [9.17, 15) is 4.79 Å². The van der Waals surface area contributed by atoms with E-state index in [1.54, 1.807) is 0 Å². The largest absolute Gasteiger partial charge is 0.468 e. The first kappa shape index (κ1) is 48.1. The Morgan fingerprint density at radius 2 is 0.949 bits per heavy atom. The fourth-order valence-corrected chi connectivity index (χ4v) is 3.72. The smallest absolute Gasteiger partial charge is 0.293 e. The lowest BCUT2D eigenvalue weighted by molar-refractivity contribution is -0.130. The molecule has 0 bridgehead atoms. The van der Waals surface area contributed by atoms with Crippen molar-refractivity contribution in [1.29, 1.82) is 0 Å². The number of rotatable bonds is 24. The third-order valence-corrected chi connectivity index (χ3v) is 5.80. The second kappa shape index (κ2) is 57.3. The molecule has 0 aromatic heterocycles. The van der Waals surface area contributed by atoms with Gasteiger partial charge in [-0.3, -0.25) is 4.79 Å². The van der Waals surface area contributed by atoms with E-state index < -0.39 is 0 Å². The molecule has 4 nitrogen and oxygen atoms in total. The number of nitrogens with one attached hydrogen (secondary N) is 1. The highest BCUT2D eigenvalue weighted by molar-refractivity contribution is 5.36. The van der Waals surface area contributed by atoms with Crippen molar-refractivity contribution in [2.45, 2.75) is 191 Å². The molecule has 0 saturated heterocycles. The predicted octanol–water partition coefficient (Wildman–Crippen LogP) is 11.3. The van der Waals surface area contributed by atoms with Crippen molar-refractivity contribution in [3.8, 4) is 0 Å². The summed E-state index contributed by atoms with van der Waals surface area (Å²) in [5.74, 6) is 0.591. The van der Waals surface area contributed by atoms with Crippen LogP contribution in [-0.2, 0) is 9.53 Å². The number of unbranched alkanes of at least 4 members (excludes halogenated alkanes) is 12. The first-order chi connectivity index (χ1) is 19.1. The van der Waals surface area contributed by atoms with Gasteiger partial charge in [0.05, 0.1) is 6.61 Å². The number of aliphatic hydroxyl groups is 1. The van der Waals surface area contributed by atoms with Crippen LogP contribution in [0.5, 0.6) is 0 Å². The lowest BCUT2D eigenvalue weighted by Gasteiger charge is -2.15. The molecule has 0 amide bonds. The predicted molar refractivity (Wildman–Crippen MR) is 179 cm³/mol. The van der Waals surface area contributed by atoms with E-state index in [4.69, 9.17) is 9.84 Å². The highest BCUT2D eigenvalue weighted by atomic mass is 16.5. The molecular weight excluding hydrogens is 482 g/mol. The van der Waals surface area contributed by atoms with Crippen molar-refractivity contribution in [2.24, 2.45) is 5.92 Å². The van der Waals surface area contributed by atoms with Crippen molar-refractivity contribution < 1.29 is 14.6 Å². The van der Waals surface area contributed by atoms with Gasteiger partial charge in [0.2, 0.25) is 0 Å². The minimum atomic E-state index is 0.331. The van der Waals surface area contributed by atoms with Gasteiger partial charge in [-0.25, -0.2) is 0 Å². The summed E-state index contributed by atoms with van der Waals surface area (Å²) in [6.07, 6.45) is 25.6. The number of hydrogen-bond acceptors (Lipinski definition) is 4. The molecule has 0 aliphatic rings. The van der Waals surface area contributed by atoms with Gasteiger partial charge in [0.15, 0.2) is 0 Å². The summed E-state index contributed by atoms with van der Waals surface area (Å²) in [6.45, 7) is 23.0. The van der Waals surface area contributed by atoms with Gasteiger partial charge in [0, 0.05) is 6.61 Å². The zero-order chi connectivity index (χ0) is 30.7. The SMILES string of the molecule is CC.CCC.CCC.CCCCCCCCC(CCCCCC)COC=O.CCCCCCNCCCCO. The van der Waals surface area contributed by atoms with Gasteiger partial charge in [-0.2, -0.15) is 0 Å². The second-order valence-corrected chi connectivity index (χ2v) is 10.4. The summed E-state index contributed by atoms with van der Waals surface area (Å²) < 4.78 is 4.97. The molecule has 2 N–H and O–H groups in total. The number of ether oxygens (including phenoxy) is 1. The molecule has 0 rings (SSSR count). The van der Waals surface area contributed by atoms with Gasteiger partial charge in [-0.15, -0.1) is 0 Å². The van der Waals surface area contributed by atoms with Crippen LogP contribution >= 0.6 is 0 Å². The van der Waals surface area contributed by atoms with Crippen LogP contribution in [-0.4, -0.2) is 37.9 Å². The van der Waals surface area contributed by atoms with Crippen LogP contribution in [0.15, 0.2) is 0 Å². The van der Waals surface area contributed by atoms with Crippen molar-refractivity contribution in [1.82, 2.24) is 5.32 Å². The zero-order valence-electron chi connectivity index (χ0n) is 28.9. The monoisotopic (exact) mass is 562 g/mol. The normalized spacial score (nSPS) is 10.3. The van der Waals surface area contributed by atoms with Crippen LogP contribution < -0.4 is 5.32 Å². The quantitative estimate of drug-likeness (QED) is 0.0908. The summed E-state index contributed by atoms with van der Waals surface area (Å²) in [7, 11) is 0. The van der Waals surface area contributed by atoms with Crippen LogP contribution in [0.1, 0.15) is 191 Å². The van der Waals surface area contributed by atoms with Crippen molar-refractivity contribution in [3.05, 3.63) is 0 Å². The molecule has 1 unspecified atom stereocenters. The summed E-state index contributed by atoms with van der Waals surface area (Å²) in [6, 6.07) is 0. The zero-order valence-corrected chi connectivity index (χ0v) is 28.9. The molecule has 0 aliphatic heterocycles. The van der Waals surface area contributed by atoms with Crippen molar-refractivity contribution in [2.75, 3.05) is 26.3 Å². The molecule has 0 fully saturated rings. The number of carbonyl (C=O) groups excluding carboxylic acids is 1. The lowest BCUT2D eigenvalue weighted by atomic mass is 9.95. The van der Waals surface area contributed by atoms with E-state index in [1.165, 1.54) is 116 Å². The molecule has 242 valence electrons. The van der Waals surface area contributed by atoms with E-state index in [0.29, 0.717) is 25.6 Å². The van der Waals surface area contributed by atoms with Gasteiger partial charge in [0.25, 0.3) is 6.47 Å². The number of aliphatic hydroxyl groups excluding tert-OH is 1. The fourth-order valence-electron chi connectivity index (χ4n) is 3.72. The van der Waals surface area contributed by atoms with Crippen LogP contribution in [0.4, 0.5) is 0 Å². The lowest BCUT2D eigenvalue weighted by Crippen LogP contribution is -2.16. The summed E-state index contributed by atoms with van der Waals surface area (Å²) in [4.78, 5) is 10.3. The second-order valence-electron chi connectivity index (χ2n) is 10.4. The Kier molecular flexibility index (Phi) is 70.8. The van der Waals surface area contributed by atoms with E-state index in [0.717, 1.165) is 25.9 Å². The van der Waals surface area contributed by atoms with E-state index in [2.05, 4.69) is 53.8 Å². The average molecular weight is 562 g/mol. The Labute approximate surface area is 249 Å². The highest BCUT2D eigenvalue weighted by Gasteiger charge is 2.09. The van der Waals surface area contributed by atoms with Gasteiger partial charge >= 0.3 is 0 Å². The molecule has 39 heavy (non-hydrogen) atoms. The first-order valence-electron chi connectivity index (χ1n) is 17.5. The van der Waals surface area contributed by atoms with Gasteiger partial charge in [-0.05, 0) is 51.1 Å². The number of carbonyl (C=O) groups is 1. The van der Waals surface area contributed by atoms with Crippen LogP contribution in [0.2, 0.25) is 0 Å². The Bertz CT molecular complexity index is 328. The van der Waals surface area contributed by atoms with E-state index >= 15 is 0 Å². The van der Waals surface area contributed by atoms with Crippen LogP contribution in [0.3, 0.4) is 0 Å². The Hall–Kier alpha value is -0.610. The molecule has 0 heterocycles. The number of hydrogen-bond donors (Lipinski definition) is 2. The van der Waals surface area contributed by atoms with Crippen molar-refractivity contribution >= 4 is 6.47 Å². The third-order valence-electron chi connectivity index (χ3n) is 5.80. The van der Waals surface area contributed by atoms with E-state index in [1.807, 2.05) is 13.8 Å². The molecular formula is C35H79NO3. The summed E-state index contributed by atoms with van der Waals surface area (Å²) >= 11 is 0. The summed E-state index contributed by atoms with van der Waals surface area (Å²) in [5, 5.41) is 11.9. The van der Waals surface area contributed by atoms with Crippen LogP contribution in [0.25, 0.3) is 0 Å². The maximum Gasteiger partial charge on any atom is 0.293 e. The van der Waals surface area contributed by atoms with Crippen molar-refractivity contribution in [3.63, 3.8) is 0 Å².